The van der Waals surface area contributed by atoms with E-state index in [1.807, 2.05) is 20.8 Å². The molecule has 1 aromatic heterocycles. The molecule has 2 unspecified atom stereocenters. The van der Waals surface area contributed by atoms with Crippen molar-refractivity contribution in [3.8, 4) is 5.75 Å². The molecule has 7 heteroatoms. The molecule has 6 nitrogen and oxygen atoms in total. The molecule has 0 aliphatic carbocycles. The van der Waals surface area contributed by atoms with Crippen LogP contribution in [0.3, 0.4) is 0 Å². The van der Waals surface area contributed by atoms with Crippen molar-refractivity contribution in [2.24, 2.45) is 10.6 Å². The van der Waals surface area contributed by atoms with Gasteiger partial charge < -0.3 is 9.94 Å². The lowest BCUT2D eigenvalue weighted by atomic mass is 9.83. The summed E-state index contributed by atoms with van der Waals surface area (Å²) in [7, 11) is 0. The van der Waals surface area contributed by atoms with E-state index < -0.39 is 0 Å². The summed E-state index contributed by atoms with van der Waals surface area (Å²) in [6, 6.07) is 4.26. The zero-order valence-corrected chi connectivity index (χ0v) is 14.0. The third-order valence-electron chi connectivity index (χ3n) is 4.20. The number of ether oxygens (including phenoxy) is 1. The lowest BCUT2D eigenvalue weighted by Crippen LogP contribution is -2.34. The molecule has 2 aromatic rings. The maximum absolute atomic E-state index is 13.4. The fourth-order valence-corrected chi connectivity index (χ4v) is 3.11. The Labute approximate surface area is 140 Å². The molecular formula is C17H21FN4O2. The van der Waals surface area contributed by atoms with Gasteiger partial charge in [0.05, 0.1) is 11.8 Å². The highest BCUT2D eigenvalue weighted by atomic mass is 19.1. The zero-order chi connectivity index (χ0) is 17.3. The Morgan fingerprint density at radius 3 is 2.92 bits per heavy atom. The highest BCUT2D eigenvalue weighted by Crippen LogP contribution is 2.35. The second-order valence-corrected chi connectivity index (χ2v) is 7.06. The van der Waals surface area contributed by atoms with E-state index in [4.69, 9.17) is 4.74 Å². The van der Waals surface area contributed by atoms with Crippen LogP contribution in [0.2, 0.25) is 0 Å². The lowest BCUT2D eigenvalue weighted by molar-refractivity contribution is 0.200. The van der Waals surface area contributed by atoms with Gasteiger partial charge in [-0.3, -0.25) is 0 Å². The number of hydrogen-bond donors (Lipinski definition) is 1. The predicted molar refractivity (Wildman–Crippen MR) is 86.9 cm³/mol. The van der Waals surface area contributed by atoms with E-state index in [0.29, 0.717) is 24.3 Å². The van der Waals surface area contributed by atoms with Crippen LogP contribution in [-0.2, 0) is 6.42 Å². The lowest BCUT2D eigenvalue weighted by Gasteiger charge is -2.29. The number of nitrogens with zero attached hydrogens (tertiary/aromatic N) is 4. The summed E-state index contributed by atoms with van der Waals surface area (Å²) in [5.41, 5.74) is 1.11. The third kappa shape index (κ3) is 3.25. The van der Waals surface area contributed by atoms with Crippen LogP contribution in [0.1, 0.15) is 38.8 Å². The maximum Gasteiger partial charge on any atom is 0.137 e. The fourth-order valence-electron chi connectivity index (χ4n) is 3.11. The molecule has 0 fully saturated rings. The van der Waals surface area contributed by atoms with Crippen molar-refractivity contribution < 1.29 is 14.3 Å². The van der Waals surface area contributed by atoms with Crippen molar-refractivity contribution in [1.29, 1.82) is 0 Å². The molecule has 128 valence electrons. The molecule has 1 aromatic carbocycles. The van der Waals surface area contributed by atoms with Crippen LogP contribution in [0, 0.1) is 11.2 Å². The molecular weight excluding hydrogens is 311 g/mol. The number of hydrogen-bond acceptors (Lipinski definition) is 5. The molecule has 1 aliphatic heterocycles. The minimum Gasteiger partial charge on any atom is -0.490 e. The van der Waals surface area contributed by atoms with Crippen LogP contribution >= 0.6 is 0 Å². The molecule has 0 amide bonds. The second-order valence-electron chi connectivity index (χ2n) is 7.06. The Balaban J connectivity index is 1.84. The van der Waals surface area contributed by atoms with Crippen LogP contribution in [-0.4, -0.2) is 31.8 Å². The Kier molecular flexibility index (Phi) is 4.26. The van der Waals surface area contributed by atoms with Gasteiger partial charge in [0.2, 0.25) is 0 Å². The van der Waals surface area contributed by atoms with Crippen molar-refractivity contribution in [1.82, 2.24) is 14.8 Å². The molecule has 0 bridgehead atoms. The molecule has 0 saturated carbocycles. The molecule has 0 saturated heterocycles. The summed E-state index contributed by atoms with van der Waals surface area (Å²) in [6.07, 6.45) is 4.07. The van der Waals surface area contributed by atoms with Gasteiger partial charge in [-0.05, 0) is 18.2 Å². The first-order valence-corrected chi connectivity index (χ1v) is 7.90. The Morgan fingerprint density at radius 2 is 2.29 bits per heavy atom. The highest BCUT2D eigenvalue weighted by Gasteiger charge is 2.34. The van der Waals surface area contributed by atoms with Crippen molar-refractivity contribution in [2.75, 3.05) is 0 Å². The summed E-state index contributed by atoms with van der Waals surface area (Å²) >= 11 is 0. The first kappa shape index (κ1) is 16.4. The monoisotopic (exact) mass is 332 g/mol. The summed E-state index contributed by atoms with van der Waals surface area (Å²) in [6.45, 7) is 5.93. The van der Waals surface area contributed by atoms with E-state index in [2.05, 4.69) is 15.2 Å². The topological polar surface area (TPSA) is 72.5 Å². The van der Waals surface area contributed by atoms with E-state index in [0.717, 1.165) is 5.56 Å². The van der Waals surface area contributed by atoms with Crippen molar-refractivity contribution in [3.63, 3.8) is 0 Å². The minimum atomic E-state index is -0.344. The number of aromatic nitrogens is 3. The average Bonchev–Trinajstić information content (AvgIpc) is 3.13. The van der Waals surface area contributed by atoms with Crippen LogP contribution in [0.4, 0.5) is 4.39 Å². The van der Waals surface area contributed by atoms with Crippen molar-refractivity contribution >= 4 is 5.71 Å². The number of halogens is 1. The molecule has 3 rings (SSSR count). The Hall–Kier alpha value is -2.44. The molecule has 0 radical (unpaired) electrons. The summed E-state index contributed by atoms with van der Waals surface area (Å²) in [5.74, 6) is 0.440. The van der Waals surface area contributed by atoms with Crippen LogP contribution < -0.4 is 4.74 Å². The SMILES string of the molecule is CC(C)(C)C(=NO)C(CC1Cc2cc(F)ccc2O1)n1cncn1. The van der Waals surface area contributed by atoms with Crippen LogP contribution in [0.25, 0.3) is 0 Å². The maximum atomic E-state index is 13.4. The molecule has 1 N–H and O–H groups in total. The van der Waals surface area contributed by atoms with Crippen molar-refractivity contribution in [3.05, 3.63) is 42.2 Å². The van der Waals surface area contributed by atoms with Crippen LogP contribution in [0.5, 0.6) is 5.75 Å². The molecule has 24 heavy (non-hydrogen) atoms. The van der Waals surface area contributed by atoms with E-state index in [1.165, 1.54) is 18.5 Å². The molecule has 0 spiro atoms. The summed E-state index contributed by atoms with van der Waals surface area (Å²) < 4.78 is 21.0. The van der Waals surface area contributed by atoms with Gasteiger partial charge in [-0.25, -0.2) is 14.1 Å². The molecule has 1 aliphatic rings. The fraction of sp³-hybridized carbons (Fsp3) is 0.471. The number of benzene rings is 1. The van der Waals surface area contributed by atoms with E-state index >= 15 is 0 Å². The zero-order valence-electron chi connectivity index (χ0n) is 14.0. The van der Waals surface area contributed by atoms with E-state index in [1.54, 1.807) is 17.1 Å². The molecule has 2 atom stereocenters. The number of rotatable bonds is 4. The van der Waals surface area contributed by atoms with Gasteiger partial charge in [0.15, 0.2) is 0 Å². The smallest absolute Gasteiger partial charge is 0.137 e. The molecule has 2 heterocycles. The standard InChI is InChI=1S/C17H21FN4O2/c1-17(2,3)16(21-23)14(22-10-19-9-20-22)8-13-7-11-6-12(18)4-5-15(11)24-13/h4-6,9-10,13-14,23H,7-8H2,1-3H3. The van der Waals surface area contributed by atoms with Gasteiger partial charge in [-0.1, -0.05) is 25.9 Å². The number of fused-ring (bicyclic) bond motifs is 1. The van der Waals surface area contributed by atoms with Gasteiger partial charge in [-0.2, -0.15) is 5.10 Å². The van der Waals surface area contributed by atoms with Crippen molar-refractivity contribution in [2.45, 2.75) is 45.8 Å². The van der Waals surface area contributed by atoms with Crippen LogP contribution in [0.15, 0.2) is 36.0 Å². The van der Waals surface area contributed by atoms with Gasteiger partial charge in [0, 0.05) is 23.8 Å². The summed E-state index contributed by atoms with van der Waals surface area (Å²) in [4.78, 5) is 3.99. The Morgan fingerprint density at radius 1 is 1.50 bits per heavy atom. The van der Waals surface area contributed by atoms with Gasteiger partial charge >= 0.3 is 0 Å². The average molecular weight is 332 g/mol. The predicted octanol–water partition coefficient (Wildman–Crippen LogP) is 3.23. The normalized spacial score (nSPS) is 19.0. The Bertz CT molecular complexity index is 738. The van der Waals surface area contributed by atoms with Gasteiger partial charge in [0.25, 0.3) is 0 Å². The van der Waals surface area contributed by atoms with Gasteiger partial charge in [-0.15, -0.1) is 0 Å². The first-order valence-electron chi connectivity index (χ1n) is 7.90. The van der Waals surface area contributed by atoms with E-state index in [9.17, 15) is 9.60 Å². The van der Waals surface area contributed by atoms with E-state index in [-0.39, 0.29) is 23.4 Å². The van der Waals surface area contributed by atoms with Gasteiger partial charge in [0.1, 0.15) is 30.3 Å². The summed E-state index contributed by atoms with van der Waals surface area (Å²) in [5, 5.41) is 17.3. The minimum absolute atomic E-state index is 0.143. The second kappa shape index (κ2) is 6.22. The first-order chi connectivity index (χ1) is 11.4. The quantitative estimate of drug-likeness (QED) is 0.530. The highest BCUT2D eigenvalue weighted by molar-refractivity contribution is 5.92. The largest absolute Gasteiger partial charge is 0.490 e. The number of oxime groups is 1. The third-order valence-corrected chi connectivity index (χ3v) is 4.20.